The van der Waals surface area contributed by atoms with E-state index in [1.54, 1.807) is 65.4 Å². The molecule has 20 nitrogen and oxygen atoms in total. The van der Waals surface area contributed by atoms with Crippen molar-refractivity contribution in [3.05, 3.63) is 107 Å². The van der Waals surface area contributed by atoms with Crippen LogP contribution in [0.25, 0.3) is 10.4 Å². The molecule has 3 aromatic carbocycles. The number of nitrogens with zero attached hydrogens (tertiary/aromatic N) is 5. The average Bonchev–Trinajstić information content (AvgIpc) is 4.02. The van der Waals surface area contributed by atoms with Crippen molar-refractivity contribution in [2.75, 3.05) is 94.2 Å². The molecule has 2 aromatic heterocycles. The summed E-state index contributed by atoms with van der Waals surface area (Å²) in [5.74, 6) is -1.24. The topological polar surface area (TPSA) is 245 Å². The monoisotopic (exact) mass is 1130 g/mol. The highest BCUT2D eigenvalue weighted by Gasteiger charge is 2.44. The van der Waals surface area contributed by atoms with Crippen molar-refractivity contribution in [2.24, 2.45) is 5.41 Å². The largest absolute Gasteiger partial charge is 0.491 e. The molecule has 3 atom stereocenters. The molecule has 0 spiro atoms. The van der Waals surface area contributed by atoms with Gasteiger partial charge < -0.3 is 55.0 Å². The van der Waals surface area contributed by atoms with E-state index in [2.05, 4.69) is 36.2 Å². The van der Waals surface area contributed by atoms with Crippen molar-refractivity contribution in [1.29, 1.82) is 0 Å². The quantitative estimate of drug-likeness (QED) is 0.0329. The number of likely N-dealkylation sites (tertiary alicyclic amines) is 1. The van der Waals surface area contributed by atoms with Gasteiger partial charge in [-0.05, 0) is 65.4 Å². The Morgan fingerprint density at radius 1 is 0.859 bits per heavy atom. The van der Waals surface area contributed by atoms with Crippen LogP contribution < -0.4 is 30.3 Å². The number of thiazole rings is 1. The molecule has 6 rings (SSSR count). The summed E-state index contributed by atoms with van der Waals surface area (Å²) < 4.78 is 94.6. The Bertz CT molecular complexity index is 2860. The van der Waals surface area contributed by atoms with Gasteiger partial charge in [0.1, 0.15) is 35.8 Å². The summed E-state index contributed by atoms with van der Waals surface area (Å²) in [5, 5.41) is 21.9. The van der Waals surface area contributed by atoms with Crippen LogP contribution in [-0.2, 0) is 62.6 Å². The first-order valence-corrected chi connectivity index (χ1v) is 27.9. The molecular formula is C53H68F3N9O11S2. The molecule has 0 saturated carbocycles. The predicted octanol–water partition coefficient (Wildman–Crippen LogP) is 6.32. The Balaban J connectivity index is 0.799. The van der Waals surface area contributed by atoms with Gasteiger partial charge in [-0.25, -0.2) is 18.4 Å². The van der Waals surface area contributed by atoms with Crippen LogP contribution in [0.1, 0.15) is 56.0 Å². The number of aromatic nitrogens is 3. The maximum Gasteiger partial charge on any atom is 0.421 e. The number of alkyl halides is 3. The zero-order chi connectivity index (χ0) is 56.5. The lowest BCUT2D eigenvalue weighted by Crippen LogP contribution is -2.57. The number of amides is 3. The first kappa shape index (κ1) is 60.7. The van der Waals surface area contributed by atoms with Crippen LogP contribution in [0.4, 0.5) is 36.3 Å². The number of anilines is 4. The summed E-state index contributed by atoms with van der Waals surface area (Å²) in [5.41, 5.74) is 4.28. The maximum atomic E-state index is 13.9. The summed E-state index contributed by atoms with van der Waals surface area (Å²) >= 11 is 1.56. The molecule has 25 heteroatoms. The number of aryl methyl sites for hydroxylation is 1. The molecule has 3 amide bonds. The van der Waals surface area contributed by atoms with Crippen LogP contribution in [0.15, 0.2) is 84.5 Å². The second-order valence-electron chi connectivity index (χ2n) is 19.3. The summed E-state index contributed by atoms with van der Waals surface area (Å²) in [6.07, 6.45) is -3.81. The molecule has 0 aliphatic carbocycles. The molecule has 424 valence electrons. The zero-order valence-corrected chi connectivity index (χ0v) is 46.1. The van der Waals surface area contributed by atoms with Crippen molar-refractivity contribution < 1.29 is 64.8 Å². The number of carbonyl (C=O) groups is 3. The van der Waals surface area contributed by atoms with Gasteiger partial charge in [-0.1, -0.05) is 57.2 Å². The lowest BCUT2D eigenvalue weighted by molar-refractivity contribution is -0.144. The highest BCUT2D eigenvalue weighted by atomic mass is 32.2. The van der Waals surface area contributed by atoms with Crippen LogP contribution in [0, 0.1) is 12.3 Å². The van der Waals surface area contributed by atoms with Crippen molar-refractivity contribution in [3.63, 3.8) is 0 Å². The first-order chi connectivity index (χ1) is 37.1. The number of aliphatic hydroxyl groups excluding tert-OH is 1. The fraction of sp³-hybridized carbons (Fsp3) is 0.472. The van der Waals surface area contributed by atoms with E-state index in [1.807, 2.05) is 52.0 Å². The van der Waals surface area contributed by atoms with E-state index in [-0.39, 0.29) is 77.4 Å². The number of ether oxygens (including phenoxy) is 5. The third-order valence-corrected chi connectivity index (χ3v) is 14.4. The number of rotatable bonds is 29. The normalized spacial score (nSPS) is 15.2. The van der Waals surface area contributed by atoms with Crippen LogP contribution in [0.3, 0.4) is 0 Å². The molecule has 1 aliphatic rings. The van der Waals surface area contributed by atoms with Crippen molar-refractivity contribution >= 4 is 62.2 Å². The molecule has 3 heterocycles. The molecule has 5 N–H and O–H groups in total. The molecule has 1 aliphatic heterocycles. The Kier molecular flexibility index (Phi) is 22.1. The molecule has 0 bridgehead atoms. The number of carbonyl (C=O) groups excluding carboxylic acids is 3. The highest BCUT2D eigenvalue weighted by molar-refractivity contribution is 7.92. The minimum Gasteiger partial charge on any atom is -0.491 e. The summed E-state index contributed by atoms with van der Waals surface area (Å²) in [7, 11) is -2.16. The van der Waals surface area contributed by atoms with Gasteiger partial charge in [0.05, 0.1) is 87.0 Å². The Hall–Kier alpha value is -6.48. The number of aliphatic hydroxyl groups is 1. The second kappa shape index (κ2) is 28.4. The Labute approximate surface area is 456 Å². The molecule has 78 heavy (non-hydrogen) atoms. The number of benzene rings is 3. The lowest BCUT2D eigenvalue weighted by atomic mass is 9.85. The average molecular weight is 1130 g/mol. The van der Waals surface area contributed by atoms with Gasteiger partial charge in [0, 0.05) is 51.4 Å². The number of hydrogen-bond donors (Lipinski definition) is 5. The van der Waals surface area contributed by atoms with Gasteiger partial charge in [0.2, 0.25) is 33.7 Å². The summed E-state index contributed by atoms with van der Waals surface area (Å²) in [4.78, 5) is 55.1. The number of β-amino-alcohol motifs (C(OH)–C–C–N with tert-alkyl or cyclic N) is 1. The van der Waals surface area contributed by atoms with E-state index in [0.29, 0.717) is 55.3 Å². The number of hydrogen-bond acceptors (Lipinski definition) is 17. The van der Waals surface area contributed by atoms with Crippen LogP contribution in [0.2, 0.25) is 0 Å². The van der Waals surface area contributed by atoms with E-state index in [0.717, 1.165) is 32.3 Å². The number of nitrogens with one attached hydrogen (secondary N) is 4. The van der Waals surface area contributed by atoms with E-state index in [1.165, 1.54) is 11.9 Å². The second-order valence-corrected chi connectivity index (χ2v) is 22.2. The van der Waals surface area contributed by atoms with Gasteiger partial charge in [0.15, 0.2) is 0 Å². The van der Waals surface area contributed by atoms with Gasteiger partial charge in [-0.3, -0.25) is 18.7 Å². The third-order valence-electron chi connectivity index (χ3n) is 12.2. The third kappa shape index (κ3) is 18.6. The van der Waals surface area contributed by atoms with E-state index >= 15 is 0 Å². The number of sulfonamides is 1. The minimum absolute atomic E-state index is 0.00655. The SMILES string of the molecule is Cc1ncsc1-c1ccc(CNC(=O)[C@@H]2C[C@@H](O)CN2C(=O)C(NC(=O)CCOCCOCCOCCOCCOc2ccc(Nc3ncc(C(F)(F)F)c(NCc4cccc(N(C)S(C)(=O)=O)c4)n3)cc2)C(C)(C)C)cc1. The summed E-state index contributed by atoms with van der Waals surface area (Å²) in [6, 6.07) is 19.0. The molecule has 1 saturated heterocycles. The molecule has 1 unspecified atom stereocenters. The fourth-order valence-corrected chi connectivity index (χ4v) is 9.25. The van der Waals surface area contributed by atoms with Gasteiger partial charge in [-0.15, -0.1) is 11.3 Å². The van der Waals surface area contributed by atoms with Crippen LogP contribution >= 0.6 is 11.3 Å². The first-order valence-electron chi connectivity index (χ1n) is 25.1. The summed E-state index contributed by atoms with van der Waals surface area (Å²) in [6.45, 7) is 9.96. The Morgan fingerprint density at radius 2 is 1.50 bits per heavy atom. The molecule has 1 fully saturated rings. The van der Waals surface area contributed by atoms with Crippen LogP contribution in [0.5, 0.6) is 5.75 Å². The molecule has 0 radical (unpaired) electrons. The fourth-order valence-electron chi connectivity index (χ4n) is 7.95. The zero-order valence-electron chi connectivity index (χ0n) is 44.4. The van der Waals surface area contributed by atoms with Crippen LogP contribution in [-0.4, -0.2) is 149 Å². The highest BCUT2D eigenvalue weighted by Crippen LogP contribution is 2.35. The lowest BCUT2D eigenvalue weighted by Gasteiger charge is -2.35. The standard InChI is InChI=1S/C53H68F3N9O11S2/c1-35-46(77-34-60-35)38-12-10-36(11-13-38)30-58-49(68)44-29-41(66)33-65(44)50(69)47(52(2,3)4)62-45(67)18-19-72-20-21-73-22-23-74-24-25-75-26-27-76-42-16-14-39(15-17-42)61-51-59-32-43(53(54,55)56)48(63-51)57-31-37-8-7-9-40(28-37)64(5)78(6,70)71/h7-17,28,32,34,41,44,47,66H,18-27,29-31,33H2,1-6H3,(H,58,68)(H,62,67)(H2,57,59,61,63)/t41-,44+,47?/m1/s1. The van der Waals surface area contributed by atoms with Gasteiger partial charge in [0.25, 0.3) is 0 Å². The predicted molar refractivity (Wildman–Crippen MR) is 289 cm³/mol. The molecule has 5 aromatic rings. The smallest absolute Gasteiger partial charge is 0.421 e. The van der Waals surface area contributed by atoms with E-state index < -0.39 is 63.0 Å². The van der Waals surface area contributed by atoms with Crippen molar-refractivity contribution in [2.45, 2.75) is 78.0 Å². The number of halogens is 3. The van der Waals surface area contributed by atoms with Gasteiger partial charge in [-0.2, -0.15) is 18.2 Å². The maximum absolute atomic E-state index is 13.9. The van der Waals surface area contributed by atoms with Crippen molar-refractivity contribution in [1.82, 2.24) is 30.5 Å². The van der Waals surface area contributed by atoms with Crippen molar-refractivity contribution in [3.8, 4) is 16.2 Å². The van der Waals surface area contributed by atoms with E-state index in [4.69, 9.17) is 23.7 Å². The molecular weight excluding hydrogens is 1060 g/mol. The Morgan fingerprint density at radius 3 is 2.10 bits per heavy atom. The minimum atomic E-state index is -4.74. The van der Waals surface area contributed by atoms with E-state index in [9.17, 15) is 41.1 Å². The van der Waals surface area contributed by atoms with Gasteiger partial charge >= 0.3 is 6.18 Å².